The molecular formula is C16H18N4O4S2. The second-order valence-corrected chi connectivity index (χ2v) is 7.62. The Bertz CT molecular complexity index is 790. The fourth-order valence-electron chi connectivity index (χ4n) is 2.50. The van der Waals surface area contributed by atoms with Gasteiger partial charge in [0.1, 0.15) is 0 Å². The number of rotatable bonds is 6. The summed E-state index contributed by atoms with van der Waals surface area (Å²) in [4.78, 5) is 42.4. The van der Waals surface area contributed by atoms with Crippen molar-refractivity contribution in [1.29, 1.82) is 0 Å². The number of nitrogens with zero attached hydrogens (tertiary/aromatic N) is 2. The zero-order valence-corrected chi connectivity index (χ0v) is 15.5. The van der Waals surface area contributed by atoms with E-state index in [1.54, 1.807) is 10.3 Å². The third-order valence-corrected chi connectivity index (χ3v) is 5.46. The van der Waals surface area contributed by atoms with Crippen LogP contribution in [0, 0.1) is 0 Å². The van der Waals surface area contributed by atoms with E-state index >= 15 is 0 Å². The number of ether oxygens (including phenoxy) is 1. The molecule has 0 aliphatic carbocycles. The van der Waals surface area contributed by atoms with Crippen LogP contribution in [0.15, 0.2) is 22.9 Å². The molecule has 1 aliphatic rings. The quantitative estimate of drug-likeness (QED) is 0.746. The summed E-state index contributed by atoms with van der Waals surface area (Å²) in [6, 6.07) is 3.80. The van der Waals surface area contributed by atoms with E-state index in [0.29, 0.717) is 23.8 Å². The Morgan fingerprint density at radius 3 is 2.92 bits per heavy atom. The van der Waals surface area contributed by atoms with Gasteiger partial charge < -0.3 is 20.7 Å². The van der Waals surface area contributed by atoms with Gasteiger partial charge in [-0.1, -0.05) is 6.07 Å². The van der Waals surface area contributed by atoms with Crippen LogP contribution in [0.3, 0.4) is 0 Å². The van der Waals surface area contributed by atoms with Crippen LogP contribution in [0.25, 0.3) is 0 Å². The smallest absolute Gasteiger partial charge is 0.248 e. The van der Waals surface area contributed by atoms with Gasteiger partial charge in [-0.25, -0.2) is 4.98 Å². The van der Waals surface area contributed by atoms with Crippen LogP contribution in [0.4, 0.5) is 5.13 Å². The largest absolute Gasteiger partial charge is 0.367 e. The zero-order valence-electron chi connectivity index (χ0n) is 13.8. The van der Waals surface area contributed by atoms with Gasteiger partial charge in [-0.05, 0) is 11.4 Å². The summed E-state index contributed by atoms with van der Waals surface area (Å²) in [7, 11) is 0. The van der Waals surface area contributed by atoms with E-state index < -0.39 is 12.0 Å². The molecule has 3 amide bonds. The van der Waals surface area contributed by atoms with Crippen molar-refractivity contribution in [2.45, 2.75) is 18.9 Å². The molecule has 0 spiro atoms. The Kier molecular flexibility index (Phi) is 5.96. The summed E-state index contributed by atoms with van der Waals surface area (Å²) >= 11 is 2.80. The summed E-state index contributed by atoms with van der Waals surface area (Å²) < 4.78 is 5.23. The van der Waals surface area contributed by atoms with Gasteiger partial charge in [0.25, 0.3) is 0 Å². The number of amides is 3. The highest BCUT2D eigenvalue weighted by molar-refractivity contribution is 7.14. The number of hydrogen-bond acceptors (Lipinski definition) is 7. The van der Waals surface area contributed by atoms with Gasteiger partial charge >= 0.3 is 0 Å². The van der Waals surface area contributed by atoms with Crippen molar-refractivity contribution in [3.63, 3.8) is 0 Å². The second kappa shape index (κ2) is 8.39. The zero-order chi connectivity index (χ0) is 18.5. The van der Waals surface area contributed by atoms with Gasteiger partial charge in [0.2, 0.25) is 17.7 Å². The number of thiophene rings is 1. The lowest BCUT2D eigenvalue weighted by Gasteiger charge is -2.31. The maximum atomic E-state index is 12.4. The van der Waals surface area contributed by atoms with E-state index in [9.17, 15) is 14.4 Å². The Morgan fingerprint density at radius 2 is 2.19 bits per heavy atom. The van der Waals surface area contributed by atoms with Crippen molar-refractivity contribution in [3.8, 4) is 0 Å². The van der Waals surface area contributed by atoms with Crippen molar-refractivity contribution in [3.05, 3.63) is 33.5 Å². The van der Waals surface area contributed by atoms with E-state index in [0.717, 1.165) is 4.88 Å². The predicted octanol–water partition coefficient (Wildman–Crippen LogP) is 0.641. The van der Waals surface area contributed by atoms with Crippen LogP contribution in [0.2, 0.25) is 0 Å². The fraction of sp³-hybridized carbons (Fsp3) is 0.375. The van der Waals surface area contributed by atoms with Gasteiger partial charge in [-0.15, -0.1) is 22.7 Å². The molecule has 3 heterocycles. The number of thiazole rings is 1. The minimum atomic E-state index is -0.768. The molecule has 0 aromatic carbocycles. The molecule has 138 valence electrons. The van der Waals surface area contributed by atoms with Crippen molar-refractivity contribution in [1.82, 2.24) is 9.88 Å². The molecule has 0 saturated carbocycles. The van der Waals surface area contributed by atoms with Gasteiger partial charge in [-0.2, -0.15) is 0 Å². The number of aromatic nitrogens is 1. The van der Waals surface area contributed by atoms with Gasteiger partial charge in [-0.3, -0.25) is 14.4 Å². The maximum Gasteiger partial charge on any atom is 0.248 e. The highest BCUT2D eigenvalue weighted by atomic mass is 32.1. The molecule has 1 atom stereocenters. The van der Waals surface area contributed by atoms with E-state index in [2.05, 4.69) is 10.3 Å². The first-order valence-corrected chi connectivity index (χ1v) is 9.72. The molecular weight excluding hydrogens is 376 g/mol. The third kappa shape index (κ3) is 4.87. The molecule has 0 radical (unpaired) electrons. The summed E-state index contributed by atoms with van der Waals surface area (Å²) in [5.41, 5.74) is 5.81. The monoisotopic (exact) mass is 394 g/mol. The summed E-state index contributed by atoms with van der Waals surface area (Å²) in [6.07, 6.45) is -0.369. The van der Waals surface area contributed by atoms with E-state index in [1.165, 1.54) is 22.7 Å². The van der Waals surface area contributed by atoms with Crippen LogP contribution < -0.4 is 11.1 Å². The van der Waals surface area contributed by atoms with Gasteiger partial charge in [0, 0.05) is 16.8 Å². The van der Waals surface area contributed by atoms with Crippen LogP contribution in [0.1, 0.15) is 10.6 Å². The molecule has 10 heteroatoms. The van der Waals surface area contributed by atoms with Crippen LogP contribution in [-0.4, -0.2) is 53.4 Å². The first-order chi connectivity index (χ1) is 12.5. The number of morpholine rings is 1. The maximum absolute atomic E-state index is 12.4. The molecule has 2 aromatic rings. The van der Waals surface area contributed by atoms with E-state index in [-0.39, 0.29) is 31.4 Å². The number of carbonyl (C=O) groups excluding carboxylic acids is 3. The molecule has 0 bridgehead atoms. The third-order valence-electron chi connectivity index (χ3n) is 3.78. The lowest BCUT2D eigenvalue weighted by atomic mass is 10.2. The standard InChI is InChI=1S/C16H18N4O4S2/c17-15(23)12-8-20(3-4-24-12)14(22)6-10-9-26-16(18-10)19-13(21)7-11-2-1-5-25-11/h1-2,5,9,12H,3-4,6-8H2,(H2,17,23)(H,18,19,21). The van der Waals surface area contributed by atoms with Crippen LogP contribution in [-0.2, 0) is 32.0 Å². The average Bonchev–Trinajstić information content (AvgIpc) is 3.27. The lowest BCUT2D eigenvalue weighted by Crippen LogP contribution is -2.50. The minimum Gasteiger partial charge on any atom is -0.367 e. The molecule has 8 nitrogen and oxygen atoms in total. The fourth-order valence-corrected chi connectivity index (χ4v) is 3.93. The van der Waals surface area contributed by atoms with Crippen molar-refractivity contribution in [2.75, 3.05) is 25.0 Å². The highest BCUT2D eigenvalue weighted by Crippen LogP contribution is 2.18. The average molecular weight is 394 g/mol. The number of hydrogen-bond donors (Lipinski definition) is 2. The predicted molar refractivity (Wildman–Crippen MR) is 98.0 cm³/mol. The molecule has 3 rings (SSSR count). The number of nitrogens with one attached hydrogen (secondary N) is 1. The van der Waals surface area contributed by atoms with E-state index in [4.69, 9.17) is 10.5 Å². The van der Waals surface area contributed by atoms with Gasteiger partial charge in [0.15, 0.2) is 11.2 Å². The Hall–Kier alpha value is -2.30. The van der Waals surface area contributed by atoms with Gasteiger partial charge in [0.05, 0.1) is 31.7 Å². The minimum absolute atomic E-state index is 0.1000. The lowest BCUT2D eigenvalue weighted by molar-refractivity contribution is -0.145. The molecule has 1 aliphatic heterocycles. The Labute approximate surface area is 158 Å². The summed E-state index contributed by atoms with van der Waals surface area (Å²) in [6.45, 7) is 0.848. The summed E-state index contributed by atoms with van der Waals surface area (Å²) in [5, 5.41) is 6.87. The normalized spacial score (nSPS) is 17.1. The Balaban J connectivity index is 1.52. The number of carbonyl (C=O) groups is 3. The van der Waals surface area contributed by atoms with E-state index in [1.807, 2.05) is 17.5 Å². The first-order valence-electron chi connectivity index (χ1n) is 7.96. The van der Waals surface area contributed by atoms with Crippen LogP contribution in [0.5, 0.6) is 0 Å². The van der Waals surface area contributed by atoms with Crippen molar-refractivity contribution < 1.29 is 19.1 Å². The molecule has 1 fully saturated rings. The van der Waals surface area contributed by atoms with Crippen molar-refractivity contribution >= 4 is 45.5 Å². The number of primary amides is 1. The van der Waals surface area contributed by atoms with Crippen LogP contribution >= 0.6 is 22.7 Å². The number of nitrogens with two attached hydrogens (primary N) is 1. The van der Waals surface area contributed by atoms with Crippen molar-refractivity contribution in [2.24, 2.45) is 5.73 Å². The first kappa shape index (κ1) is 18.5. The second-order valence-electron chi connectivity index (χ2n) is 5.73. The molecule has 2 aromatic heterocycles. The SMILES string of the molecule is NC(=O)C1CN(C(=O)Cc2csc(NC(=O)Cc3cccs3)n2)CCO1. The molecule has 1 unspecified atom stereocenters. The summed E-state index contributed by atoms with van der Waals surface area (Å²) in [5.74, 6) is -0.870. The molecule has 26 heavy (non-hydrogen) atoms. The molecule has 1 saturated heterocycles. The topological polar surface area (TPSA) is 115 Å². The highest BCUT2D eigenvalue weighted by Gasteiger charge is 2.28. The molecule has 3 N–H and O–H groups in total. The Morgan fingerprint density at radius 1 is 1.35 bits per heavy atom. The number of anilines is 1.